The number of aliphatic hydroxyl groups is 1. The van der Waals surface area contributed by atoms with Crippen LogP contribution in [0.4, 0.5) is 4.39 Å². The van der Waals surface area contributed by atoms with Crippen molar-refractivity contribution in [3.05, 3.63) is 41.7 Å². The molecule has 2 rings (SSSR count). The van der Waals surface area contributed by atoms with Gasteiger partial charge in [-0.05, 0) is 31.5 Å². The SMILES string of the molecule is CCCn1ncnc1COc1ccc(F)cc1C(C)O. The maximum Gasteiger partial charge on any atom is 0.164 e. The van der Waals surface area contributed by atoms with E-state index < -0.39 is 11.9 Å². The first-order valence-corrected chi connectivity index (χ1v) is 6.58. The molecule has 0 fully saturated rings. The van der Waals surface area contributed by atoms with Gasteiger partial charge in [0.1, 0.15) is 24.5 Å². The van der Waals surface area contributed by atoms with Gasteiger partial charge in [-0.25, -0.2) is 14.1 Å². The van der Waals surface area contributed by atoms with Crippen LogP contribution >= 0.6 is 0 Å². The largest absolute Gasteiger partial charge is 0.485 e. The van der Waals surface area contributed by atoms with Crippen LogP contribution in [0, 0.1) is 5.82 Å². The number of nitrogens with zero attached hydrogens (tertiary/aromatic N) is 3. The molecule has 0 bridgehead atoms. The number of ether oxygens (including phenoxy) is 1. The summed E-state index contributed by atoms with van der Waals surface area (Å²) in [6.45, 7) is 4.62. The predicted octanol–water partition coefficient (Wildman–Crippen LogP) is 2.46. The highest BCUT2D eigenvalue weighted by Gasteiger charge is 2.12. The third-order valence-electron chi connectivity index (χ3n) is 2.91. The lowest BCUT2D eigenvalue weighted by Gasteiger charge is -2.13. The second-order valence-electron chi connectivity index (χ2n) is 4.55. The summed E-state index contributed by atoms with van der Waals surface area (Å²) in [6.07, 6.45) is 1.63. The quantitative estimate of drug-likeness (QED) is 0.882. The number of rotatable bonds is 6. The minimum Gasteiger partial charge on any atom is -0.485 e. The van der Waals surface area contributed by atoms with Crippen molar-refractivity contribution in [1.29, 1.82) is 0 Å². The van der Waals surface area contributed by atoms with Crippen molar-refractivity contribution >= 4 is 0 Å². The van der Waals surface area contributed by atoms with Crippen molar-refractivity contribution in [2.45, 2.75) is 39.5 Å². The van der Waals surface area contributed by atoms with Crippen molar-refractivity contribution in [3.8, 4) is 5.75 Å². The van der Waals surface area contributed by atoms with Crippen molar-refractivity contribution < 1.29 is 14.2 Å². The maximum absolute atomic E-state index is 13.2. The van der Waals surface area contributed by atoms with Gasteiger partial charge in [0, 0.05) is 12.1 Å². The molecule has 2 aromatic rings. The van der Waals surface area contributed by atoms with Gasteiger partial charge in [0.05, 0.1) is 6.10 Å². The second-order valence-corrected chi connectivity index (χ2v) is 4.55. The first-order valence-electron chi connectivity index (χ1n) is 6.58. The number of hydrogen-bond donors (Lipinski definition) is 1. The molecule has 0 spiro atoms. The fourth-order valence-electron chi connectivity index (χ4n) is 1.92. The molecule has 5 nitrogen and oxygen atoms in total. The molecule has 1 aromatic heterocycles. The van der Waals surface area contributed by atoms with Gasteiger partial charge in [-0.3, -0.25) is 0 Å². The summed E-state index contributed by atoms with van der Waals surface area (Å²) in [5.74, 6) is 0.752. The monoisotopic (exact) mass is 279 g/mol. The average Bonchev–Trinajstić information content (AvgIpc) is 2.85. The van der Waals surface area contributed by atoms with E-state index in [2.05, 4.69) is 17.0 Å². The summed E-state index contributed by atoms with van der Waals surface area (Å²) in [7, 11) is 0. The van der Waals surface area contributed by atoms with Crippen LogP contribution in [0.5, 0.6) is 5.75 Å². The molecule has 0 aliphatic rings. The summed E-state index contributed by atoms with van der Waals surface area (Å²) < 4.78 is 20.6. The Hall–Kier alpha value is -1.95. The first kappa shape index (κ1) is 14.5. The molecule has 6 heteroatoms. The van der Waals surface area contributed by atoms with Gasteiger partial charge in [0.2, 0.25) is 0 Å². The zero-order chi connectivity index (χ0) is 14.5. The Kier molecular flexibility index (Phi) is 4.68. The highest BCUT2D eigenvalue weighted by Crippen LogP contribution is 2.26. The van der Waals surface area contributed by atoms with Gasteiger partial charge in [0.25, 0.3) is 0 Å². The van der Waals surface area contributed by atoms with E-state index >= 15 is 0 Å². The maximum atomic E-state index is 13.2. The molecule has 0 aliphatic carbocycles. The Morgan fingerprint density at radius 2 is 2.25 bits per heavy atom. The Morgan fingerprint density at radius 1 is 1.45 bits per heavy atom. The number of benzene rings is 1. The summed E-state index contributed by atoms with van der Waals surface area (Å²) in [5, 5.41) is 13.8. The molecule has 108 valence electrons. The third kappa shape index (κ3) is 3.33. The summed E-state index contributed by atoms with van der Waals surface area (Å²) in [4.78, 5) is 4.13. The van der Waals surface area contributed by atoms with Crippen LogP contribution in [0.25, 0.3) is 0 Å². The normalized spacial score (nSPS) is 12.4. The van der Waals surface area contributed by atoms with E-state index in [9.17, 15) is 9.50 Å². The van der Waals surface area contributed by atoms with Crippen LogP contribution in [0.3, 0.4) is 0 Å². The van der Waals surface area contributed by atoms with Crippen LogP contribution in [-0.2, 0) is 13.2 Å². The van der Waals surface area contributed by atoms with Crippen molar-refractivity contribution in [2.24, 2.45) is 0 Å². The minimum absolute atomic E-state index is 0.228. The Morgan fingerprint density at radius 3 is 2.95 bits per heavy atom. The molecule has 0 saturated carbocycles. The molecule has 0 amide bonds. The van der Waals surface area contributed by atoms with Crippen LogP contribution < -0.4 is 4.74 Å². The number of halogens is 1. The summed E-state index contributed by atoms with van der Waals surface area (Å²) >= 11 is 0. The minimum atomic E-state index is -0.797. The van der Waals surface area contributed by atoms with Crippen LogP contribution in [0.1, 0.15) is 37.8 Å². The van der Waals surface area contributed by atoms with E-state index in [0.717, 1.165) is 13.0 Å². The van der Waals surface area contributed by atoms with Gasteiger partial charge in [0.15, 0.2) is 5.82 Å². The van der Waals surface area contributed by atoms with Crippen molar-refractivity contribution in [1.82, 2.24) is 14.8 Å². The molecule has 1 heterocycles. The number of hydrogen-bond acceptors (Lipinski definition) is 4. The standard InChI is InChI=1S/C14H18FN3O2/c1-3-6-18-14(16-9-17-18)8-20-13-5-4-11(15)7-12(13)10(2)19/h4-5,7,9-10,19H,3,6,8H2,1-2H3. The van der Waals surface area contributed by atoms with Gasteiger partial charge in [-0.2, -0.15) is 5.10 Å². The van der Waals surface area contributed by atoms with E-state index in [-0.39, 0.29) is 6.61 Å². The number of aryl methyl sites for hydroxylation is 1. The lowest BCUT2D eigenvalue weighted by Crippen LogP contribution is -2.09. The topological polar surface area (TPSA) is 60.2 Å². The van der Waals surface area contributed by atoms with E-state index in [1.54, 1.807) is 11.6 Å². The van der Waals surface area contributed by atoms with Crippen LogP contribution in [0.15, 0.2) is 24.5 Å². The zero-order valence-corrected chi connectivity index (χ0v) is 11.6. The van der Waals surface area contributed by atoms with E-state index in [4.69, 9.17) is 4.74 Å². The van der Waals surface area contributed by atoms with Crippen LogP contribution in [0.2, 0.25) is 0 Å². The predicted molar refractivity (Wildman–Crippen MR) is 71.7 cm³/mol. The van der Waals surface area contributed by atoms with E-state index in [0.29, 0.717) is 17.1 Å². The Labute approximate surface area is 117 Å². The highest BCUT2D eigenvalue weighted by atomic mass is 19.1. The molecule has 1 N–H and O–H groups in total. The second kappa shape index (κ2) is 6.47. The summed E-state index contributed by atoms with van der Waals surface area (Å²) in [5.41, 5.74) is 0.423. The zero-order valence-electron chi connectivity index (χ0n) is 11.6. The van der Waals surface area contributed by atoms with E-state index in [1.165, 1.54) is 24.5 Å². The molecule has 0 saturated heterocycles. The van der Waals surface area contributed by atoms with Gasteiger partial charge < -0.3 is 9.84 Å². The molecule has 20 heavy (non-hydrogen) atoms. The lowest BCUT2D eigenvalue weighted by atomic mass is 10.1. The van der Waals surface area contributed by atoms with Crippen molar-refractivity contribution in [3.63, 3.8) is 0 Å². The highest BCUT2D eigenvalue weighted by molar-refractivity contribution is 5.35. The molecule has 0 aliphatic heterocycles. The molecular weight excluding hydrogens is 261 g/mol. The third-order valence-corrected chi connectivity index (χ3v) is 2.91. The molecule has 1 unspecified atom stereocenters. The molecule has 0 radical (unpaired) electrons. The molecule has 1 aromatic carbocycles. The Balaban J connectivity index is 2.12. The fraction of sp³-hybridized carbons (Fsp3) is 0.429. The number of aliphatic hydroxyl groups excluding tert-OH is 1. The molecular formula is C14H18FN3O2. The van der Waals surface area contributed by atoms with Crippen molar-refractivity contribution in [2.75, 3.05) is 0 Å². The number of aromatic nitrogens is 3. The summed E-state index contributed by atoms with van der Waals surface area (Å²) in [6, 6.07) is 4.09. The fourth-order valence-corrected chi connectivity index (χ4v) is 1.92. The van der Waals surface area contributed by atoms with Crippen LogP contribution in [-0.4, -0.2) is 19.9 Å². The average molecular weight is 279 g/mol. The van der Waals surface area contributed by atoms with Gasteiger partial charge in [-0.1, -0.05) is 6.92 Å². The Bertz CT molecular complexity index is 569. The molecule has 1 atom stereocenters. The van der Waals surface area contributed by atoms with Gasteiger partial charge in [-0.15, -0.1) is 0 Å². The first-order chi connectivity index (χ1) is 9.61. The van der Waals surface area contributed by atoms with Gasteiger partial charge >= 0.3 is 0 Å². The smallest absolute Gasteiger partial charge is 0.164 e. The lowest BCUT2D eigenvalue weighted by molar-refractivity contribution is 0.188. The van der Waals surface area contributed by atoms with E-state index in [1.807, 2.05) is 0 Å².